The van der Waals surface area contributed by atoms with E-state index in [1.54, 1.807) is 0 Å². The van der Waals surface area contributed by atoms with E-state index in [1.807, 2.05) is 73.7 Å². The first kappa shape index (κ1) is 21.0. The third kappa shape index (κ3) is 5.68. The number of thioether (sulfide) groups is 1. The summed E-state index contributed by atoms with van der Waals surface area (Å²) in [5.41, 5.74) is 2.86. The lowest BCUT2D eigenvalue weighted by Crippen LogP contribution is -2.14. The van der Waals surface area contributed by atoms with Gasteiger partial charge in [-0.25, -0.2) is 0 Å². The number of rotatable bonds is 7. The molecular formula is C23H20N4O2S2. The van der Waals surface area contributed by atoms with Gasteiger partial charge in [-0.15, -0.1) is 10.2 Å². The fourth-order valence-electron chi connectivity index (χ4n) is 3.06. The largest absolute Gasteiger partial charge is 0.325 e. The summed E-state index contributed by atoms with van der Waals surface area (Å²) < 4.78 is 0.625. The molecule has 8 heteroatoms. The van der Waals surface area contributed by atoms with Crippen LogP contribution in [0.1, 0.15) is 11.1 Å². The number of fused-ring (bicyclic) bond motifs is 1. The number of carbonyl (C=O) groups is 2. The summed E-state index contributed by atoms with van der Waals surface area (Å²) in [5.74, 6) is -0.0568. The van der Waals surface area contributed by atoms with Gasteiger partial charge in [-0.2, -0.15) is 0 Å². The minimum atomic E-state index is -0.152. The Bertz CT molecular complexity index is 1220. The van der Waals surface area contributed by atoms with Gasteiger partial charge in [0.1, 0.15) is 0 Å². The highest BCUT2D eigenvalue weighted by molar-refractivity contribution is 8.01. The van der Waals surface area contributed by atoms with E-state index >= 15 is 0 Å². The second-order valence-corrected chi connectivity index (χ2v) is 9.14. The molecule has 1 heterocycles. The molecule has 6 nitrogen and oxygen atoms in total. The summed E-state index contributed by atoms with van der Waals surface area (Å²) in [7, 11) is 0. The molecule has 156 valence electrons. The predicted molar refractivity (Wildman–Crippen MR) is 127 cm³/mol. The molecule has 31 heavy (non-hydrogen) atoms. The number of nitrogens with one attached hydrogen (secondary N) is 2. The molecule has 0 atom stereocenters. The Labute approximate surface area is 188 Å². The second kappa shape index (κ2) is 9.72. The van der Waals surface area contributed by atoms with Crippen molar-refractivity contribution < 1.29 is 9.59 Å². The van der Waals surface area contributed by atoms with Crippen LogP contribution in [0.15, 0.2) is 71.1 Å². The van der Waals surface area contributed by atoms with E-state index in [0.29, 0.717) is 9.47 Å². The van der Waals surface area contributed by atoms with E-state index in [1.165, 1.54) is 23.1 Å². The number of hydrogen-bond donors (Lipinski definition) is 2. The first-order chi connectivity index (χ1) is 15.1. The van der Waals surface area contributed by atoms with Crippen molar-refractivity contribution in [2.24, 2.45) is 0 Å². The summed E-state index contributed by atoms with van der Waals surface area (Å²) in [6.07, 6.45) is 0.252. The molecule has 3 aromatic carbocycles. The smallest absolute Gasteiger partial charge is 0.234 e. The maximum absolute atomic E-state index is 12.5. The summed E-state index contributed by atoms with van der Waals surface area (Å²) in [5, 5.41) is 16.3. The fourth-order valence-corrected chi connectivity index (χ4v) is 4.63. The van der Waals surface area contributed by atoms with E-state index in [2.05, 4.69) is 20.8 Å². The van der Waals surface area contributed by atoms with Gasteiger partial charge in [-0.1, -0.05) is 83.3 Å². The van der Waals surface area contributed by atoms with Gasteiger partial charge in [0.2, 0.25) is 16.9 Å². The van der Waals surface area contributed by atoms with Gasteiger partial charge >= 0.3 is 0 Å². The Morgan fingerprint density at radius 3 is 2.52 bits per heavy atom. The summed E-state index contributed by atoms with van der Waals surface area (Å²) in [6.45, 7) is 2.00. The van der Waals surface area contributed by atoms with Crippen molar-refractivity contribution in [3.05, 3.63) is 77.9 Å². The van der Waals surface area contributed by atoms with Crippen LogP contribution in [0.2, 0.25) is 0 Å². The van der Waals surface area contributed by atoms with Crippen molar-refractivity contribution in [3.63, 3.8) is 0 Å². The summed E-state index contributed by atoms with van der Waals surface area (Å²) >= 11 is 2.54. The van der Waals surface area contributed by atoms with Gasteiger partial charge in [0.15, 0.2) is 4.34 Å². The Kier molecular flexibility index (Phi) is 6.59. The van der Waals surface area contributed by atoms with E-state index in [9.17, 15) is 9.59 Å². The fraction of sp³-hybridized carbons (Fsp3) is 0.130. The average Bonchev–Trinajstić information content (AvgIpc) is 3.21. The van der Waals surface area contributed by atoms with E-state index in [-0.39, 0.29) is 24.0 Å². The molecule has 4 aromatic rings. The quantitative estimate of drug-likeness (QED) is 0.310. The van der Waals surface area contributed by atoms with Crippen LogP contribution < -0.4 is 10.6 Å². The van der Waals surface area contributed by atoms with Crippen LogP contribution in [0.3, 0.4) is 0 Å². The number of anilines is 2. The second-order valence-electron chi connectivity index (χ2n) is 6.94. The monoisotopic (exact) mass is 448 g/mol. The van der Waals surface area contributed by atoms with Crippen molar-refractivity contribution in [2.75, 3.05) is 16.4 Å². The minimum absolute atomic E-state index is 0.120. The highest BCUT2D eigenvalue weighted by Gasteiger charge is 2.12. The van der Waals surface area contributed by atoms with Crippen LogP contribution in [-0.2, 0) is 16.0 Å². The molecular weight excluding hydrogens is 428 g/mol. The van der Waals surface area contributed by atoms with Crippen molar-refractivity contribution >= 4 is 56.5 Å². The Morgan fingerprint density at radius 2 is 1.68 bits per heavy atom. The maximum atomic E-state index is 12.5. The lowest BCUT2D eigenvalue weighted by Gasteiger charge is -2.06. The molecule has 0 radical (unpaired) electrons. The van der Waals surface area contributed by atoms with Crippen LogP contribution in [0.25, 0.3) is 10.8 Å². The van der Waals surface area contributed by atoms with Gasteiger partial charge in [0.25, 0.3) is 0 Å². The summed E-state index contributed by atoms with van der Waals surface area (Å²) in [4.78, 5) is 24.6. The first-order valence-corrected chi connectivity index (χ1v) is 11.5. The molecule has 1 aromatic heterocycles. The molecule has 2 amide bonds. The van der Waals surface area contributed by atoms with Crippen molar-refractivity contribution in [1.29, 1.82) is 0 Å². The third-order valence-electron chi connectivity index (χ3n) is 4.55. The molecule has 0 aliphatic carbocycles. The third-order valence-corrected chi connectivity index (χ3v) is 6.52. The van der Waals surface area contributed by atoms with Gasteiger partial charge < -0.3 is 10.6 Å². The number of nitrogens with zero attached hydrogens (tertiary/aromatic N) is 2. The van der Waals surface area contributed by atoms with Crippen LogP contribution in [0.4, 0.5) is 10.8 Å². The molecule has 2 N–H and O–H groups in total. The SMILES string of the molecule is Cc1ccc(NC(=O)CSc2nnc(NC(=O)Cc3cccc4ccccc34)s2)cc1. The lowest BCUT2D eigenvalue weighted by molar-refractivity contribution is -0.115. The standard InChI is InChI=1S/C23H20N4O2S2/c1-15-9-11-18(12-10-15)24-21(29)14-30-23-27-26-22(31-23)25-20(28)13-17-7-4-6-16-5-2-3-8-19(16)17/h2-12H,13-14H2,1H3,(H,24,29)(H,25,26,28). The van der Waals surface area contributed by atoms with Crippen molar-refractivity contribution in [1.82, 2.24) is 10.2 Å². The molecule has 4 rings (SSSR count). The molecule has 0 fully saturated rings. The van der Waals surface area contributed by atoms with E-state index < -0.39 is 0 Å². The molecule has 0 saturated heterocycles. The topological polar surface area (TPSA) is 84.0 Å². The zero-order chi connectivity index (χ0) is 21.6. The summed E-state index contributed by atoms with van der Waals surface area (Å²) in [6, 6.07) is 21.5. The van der Waals surface area contributed by atoms with Crippen LogP contribution in [-0.4, -0.2) is 27.8 Å². The Morgan fingerprint density at radius 1 is 0.903 bits per heavy atom. The predicted octanol–water partition coefficient (Wildman–Crippen LogP) is 4.91. The van der Waals surface area contributed by atoms with Crippen molar-refractivity contribution in [2.45, 2.75) is 17.7 Å². The Balaban J connectivity index is 1.29. The highest BCUT2D eigenvalue weighted by Crippen LogP contribution is 2.26. The van der Waals surface area contributed by atoms with Gasteiger partial charge in [0, 0.05) is 5.69 Å². The Hall–Kier alpha value is -3.23. The van der Waals surface area contributed by atoms with E-state index in [0.717, 1.165) is 27.6 Å². The van der Waals surface area contributed by atoms with Crippen molar-refractivity contribution in [3.8, 4) is 0 Å². The molecule has 0 bridgehead atoms. The lowest BCUT2D eigenvalue weighted by atomic mass is 10.0. The molecule has 0 aliphatic heterocycles. The number of carbonyl (C=O) groups excluding carboxylic acids is 2. The van der Waals surface area contributed by atoms with E-state index in [4.69, 9.17) is 0 Å². The minimum Gasteiger partial charge on any atom is -0.325 e. The molecule has 0 saturated carbocycles. The number of aromatic nitrogens is 2. The number of amides is 2. The zero-order valence-corrected chi connectivity index (χ0v) is 18.4. The first-order valence-electron chi connectivity index (χ1n) is 9.66. The van der Waals surface area contributed by atoms with Gasteiger partial charge in [0.05, 0.1) is 12.2 Å². The average molecular weight is 449 g/mol. The van der Waals surface area contributed by atoms with Crippen LogP contribution in [0, 0.1) is 6.92 Å². The maximum Gasteiger partial charge on any atom is 0.234 e. The van der Waals surface area contributed by atoms with Gasteiger partial charge in [-0.3, -0.25) is 9.59 Å². The number of benzene rings is 3. The highest BCUT2D eigenvalue weighted by atomic mass is 32.2. The normalized spacial score (nSPS) is 10.7. The van der Waals surface area contributed by atoms with Crippen LogP contribution in [0.5, 0.6) is 0 Å². The molecule has 0 aliphatic rings. The van der Waals surface area contributed by atoms with Gasteiger partial charge in [-0.05, 0) is 35.4 Å². The molecule has 0 unspecified atom stereocenters. The zero-order valence-electron chi connectivity index (χ0n) is 16.8. The van der Waals surface area contributed by atoms with Crippen LogP contribution >= 0.6 is 23.1 Å². The number of hydrogen-bond acceptors (Lipinski definition) is 6. The molecule has 0 spiro atoms. The number of aryl methyl sites for hydroxylation is 1.